The van der Waals surface area contributed by atoms with E-state index in [1.165, 1.54) is 62.9 Å². The van der Waals surface area contributed by atoms with Gasteiger partial charge in [-0.3, -0.25) is 5.41 Å². The fourth-order valence-corrected chi connectivity index (χ4v) is 3.28. The Morgan fingerprint density at radius 1 is 1.08 bits per heavy atom. The summed E-state index contributed by atoms with van der Waals surface area (Å²) in [4.78, 5) is 4.57. The third-order valence-corrected chi connectivity index (χ3v) is 4.81. The van der Waals surface area contributed by atoms with Gasteiger partial charge in [0.05, 0.1) is 0 Å². The zero-order valence-electron chi connectivity index (χ0n) is 15.4. The number of guanidine groups is 1. The van der Waals surface area contributed by atoms with Crippen LogP contribution in [-0.4, -0.2) is 41.9 Å². The molecule has 2 rings (SSSR count). The van der Waals surface area contributed by atoms with Gasteiger partial charge in [0.25, 0.3) is 0 Å². The summed E-state index contributed by atoms with van der Waals surface area (Å²) in [5.74, 6) is 0.185. The maximum absolute atomic E-state index is 7.80. The van der Waals surface area contributed by atoms with Crippen LogP contribution in [-0.2, 0) is 6.54 Å². The Morgan fingerprint density at radius 2 is 1.72 bits per heavy atom. The van der Waals surface area contributed by atoms with Crippen molar-refractivity contribution in [2.75, 3.05) is 26.2 Å². The first-order valence-corrected chi connectivity index (χ1v) is 9.02. The van der Waals surface area contributed by atoms with Crippen molar-refractivity contribution < 1.29 is 0 Å². The summed E-state index contributed by atoms with van der Waals surface area (Å²) in [6.45, 7) is 7.61. The van der Waals surface area contributed by atoms with Crippen LogP contribution in [0.1, 0.15) is 49.7 Å². The molecule has 1 heterocycles. The molecular formula is C19H34Cl2N4. The fourth-order valence-electron chi connectivity index (χ4n) is 3.28. The lowest BCUT2D eigenvalue weighted by Gasteiger charge is -2.23. The Balaban J connectivity index is 0.00000288. The molecule has 0 unspecified atom stereocenters. The number of halogens is 2. The van der Waals surface area contributed by atoms with Crippen LogP contribution in [0.15, 0.2) is 24.3 Å². The van der Waals surface area contributed by atoms with E-state index < -0.39 is 0 Å². The van der Waals surface area contributed by atoms with Crippen LogP contribution >= 0.6 is 24.8 Å². The molecule has 25 heavy (non-hydrogen) atoms. The van der Waals surface area contributed by atoms with Crippen molar-refractivity contribution in [3.8, 4) is 0 Å². The first-order valence-electron chi connectivity index (χ1n) is 9.02. The molecule has 1 aromatic rings. The standard InChI is InChI=1S/C19H32N4.2ClH/c1-17-10-4-5-11-18(17)16-23(19(20)21)15-7-3-2-6-12-22-13-8-9-14-22;;/h4-5,10-11H,2-3,6-9,12-16H2,1H3,(H3,20,21);2*1H. The van der Waals surface area contributed by atoms with Gasteiger partial charge in [0, 0.05) is 13.1 Å². The third-order valence-electron chi connectivity index (χ3n) is 4.81. The zero-order valence-corrected chi connectivity index (χ0v) is 17.0. The summed E-state index contributed by atoms with van der Waals surface area (Å²) in [6, 6.07) is 8.35. The molecule has 1 aliphatic rings. The van der Waals surface area contributed by atoms with Crippen molar-refractivity contribution in [2.24, 2.45) is 5.73 Å². The molecule has 1 fully saturated rings. The van der Waals surface area contributed by atoms with Gasteiger partial charge in [0.2, 0.25) is 0 Å². The fraction of sp³-hybridized carbons (Fsp3) is 0.632. The predicted octanol–water partition coefficient (Wildman–Crippen LogP) is 4.19. The van der Waals surface area contributed by atoms with Crippen molar-refractivity contribution in [1.82, 2.24) is 9.80 Å². The molecule has 0 spiro atoms. The van der Waals surface area contributed by atoms with Gasteiger partial charge >= 0.3 is 0 Å². The molecular weight excluding hydrogens is 355 g/mol. The Labute approximate surface area is 165 Å². The lowest BCUT2D eigenvalue weighted by Crippen LogP contribution is -2.36. The summed E-state index contributed by atoms with van der Waals surface area (Å²) in [6.07, 6.45) is 7.69. The monoisotopic (exact) mass is 388 g/mol. The number of nitrogens with zero attached hydrogens (tertiary/aromatic N) is 2. The van der Waals surface area contributed by atoms with E-state index in [0.29, 0.717) is 0 Å². The maximum Gasteiger partial charge on any atom is 0.188 e. The van der Waals surface area contributed by atoms with E-state index in [1.807, 2.05) is 4.90 Å². The molecule has 6 heteroatoms. The van der Waals surface area contributed by atoms with Gasteiger partial charge in [-0.15, -0.1) is 24.8 Å². The van der Waals surface area contributed by atoms with Crippen molar-refractivity contribution in [3.05, 3.63) is 35.4 Å². The molecule has 0 atom stereocenters. The molecule has 144 valence electrons. The molecule has 0 amide bonds. The number of nitrogens with one attached hydrogen (secondary N) is 1. The van der Waals surface area contributed by atoms with Crippen LogP contribution in [0, 0.1) is 12.3 Å². The minimum atomic E-state index is 0. The number of likely N-dealkylation sites (tertiary alicyclic amines) is 1. The van der Waals surface area contributed by atoms with Gasteiger partial charge in [0.15, 0.2) is 5.96 Å². The zero-order chi connectivity index (χ0) is 16.5. The highest BCUT2D eigenvalue weighted by Gasteiger charge is 2.11. The number of rotatable bonds is 9. The van der Waals surface area contributed by atoms with E-state index in [1.54, 1.807) is 0 Å². The van der Waals surface area contributed by atoms with Gasteiger partial charge in [0.1, 0.15) is 0 Å². The van der Waals surface area contributed by atoms with Crippen molar-refractivity contribution in [3.63, 3.8) is 0 Å². The lowest BCUT2D eigenvalue weighted by molar-refractivity contribution is 0.324. The number of benzene rings is 1. The first-order chi connectivity index (χ1) is 11.2. The van der Waals surface area contributed by atoms with Gasteiger partial charge < -0.3 is 15.5 Å². The van der Waals surface area contributed by atoms with Crippen LogP contribution in [0.25, 0.3) is 0 Å². The average Bonchev–Trinajstić information content (AvgIpc) is 3.04. The third kappa shape index (κ3) is 8.80. The Bertz CT molecular complexity index is 490. The molecule has 0 saturated carbocycles. The Morgan fingerprint density at radius 3 is 2.36 bits per heavy atom. The predicted molar refractivity (Wildman–Crippen MR) is 112 cm³/mol. The second-order valence-electron chi connectivity index (χ2n) is 6.70. The maximum atomic E-state index is 7.80. The minimum absolute atomic E-state index is 0. The molecule has 1 aliphatic heterocycles. The largest absolute Gasteiger partial charge is 0.370 e. The molecule has 3 N–H and O–H groups in total. The molecule has 1 saturated heterocycles. The second-order valence-corrected chi connectivity index (χ2v) is 6.70. The van der Waals surface area contributed by atoms with Crippen LogP contribution in [0.5, 0.6) is 0 Å². The highest BCUT2D eigenvalue weighted by atomic mass is 35.5. The average molecular weight is 389 g/mol. The SMILES string of the molecule is Cc1ccccc1CN(CCCCCCN1CCCC1)C(=N)N.Cl.Cl. The Kier molecular flexibility index (Phi) is 12.7. The van der Waals surface area contributed by atoms with Gasteiger partial charge in [-0.2, -0.15) is 0 Å². The molecule has 0 bridgehead atoms. The van der Waals surface area contributed by atoms with E-state index in [4.69, 9.17) is 11.1 Å². The van der Waals surface area contributed by atoms with Crippen molar-refractivity contribution in [1.29, 1.82) is 5.41 Å². The number of nitrogens with two attached hydrogens (primary N) is 1. The van der Waals surface area contributed by atoms with Crippen LogP contribution in [0.2, 0.25) is 0 Å². The summed E-state index contributed by atoms with van der Waals surface area (Å²) < 4.78 is 0. The number of hydrogen-bond donors (Lipinski definition) is 2. The van der Waals surface area contributed by atoms with E-state index in [2.05, 4.69) is 36.1 Å². The van der Waals surface area contributed by atoms with Gasteiger partial charge in [-0.1, -0.05) is 37.1 Å². The molecule has 0 radical (unpaired) electrons. The number of hydrogen-bond acceptors (Lipinski definition) is 2. The van der Waals surface area contributed by atoms with E-state index in [-0.39, 0.29) is 30.8 Å². The first kappa shape index (κ1) is 24.0. The number of unbranched alkanes of at least 4 members (excludes halogenated alkanes) is 3. The lowest BCUT2D eigenvalue weighted by atomic mass is 10.1. The van der Waals surface area contributed by atoms with Crippen LogP contribution < -0.4 is 5.73 Å². The molecule has 4 nitrogen and oxygen atoms in total. The van der Waals surface area contributed by atoms with E-state index in [0.717, 1.165) is 19.5 Å². The minimum Gasteiger partial charge on any atom is -0.370 e. The highest BCUT2D eigenvalue weighted by Crippen LogP contribution is 2.12. The van der Waals surface area contributed by atoms with E-state index in [9.17, 15) is 0 Å². The summed E-state index contributed by atoms with van der Waals surface area (Å²) >= 11 is 0. The second kappa shape index (κ2) is 13.3. The normalized spacial score (nSPS) is 13.8. The number of aryl methyl sites for hydroxylation is 1. The summed E-state index contributed by atoms with van der Waals surface area (Å²) in [5, 5.41) is 7.80. The molecule has 1 aromatic carbocycles. The van der Waals surface area contributed by atoms with Crippen LogP contribution in [0.3, 0.4) is 0 Å². The van der Waals surface area contributed by atoms with Crippen LogP contribution in [0.4, 0.5) is 0 Å². The Hall–Kier alpha value is -0.970. The molecule has 0 aromatic heterocycles. The summed E-state index contributed by atoms with van der Waals surface area (Å²) in [5.41, 5.74) is 8.29. The van der Waals surface area contributed by atoms with Crippen molar-refractivity contribution in [2.45, 2.75) is 52.0 Å². The van der Waals surface area contributed by atoms with Gasteiger partial charge in [-0.05, 0) is 63.4 Å². The summed E-state index contributed by atoms with van der Waals surface area (Å²) in [7, 11) is 0. The smallest absolute Gasteiger partial charge is 0.188 e. The topological polar surface area (TPSA) is 56.4 Å². The highest BCUT2D eigenvalue weighted by molar-refractivity contribution is 5.85. The van der Waals surface area contributed by atoms with E-state index >= 15 is 0 Å². The molecule has 0 aliphatic carbocycles. The quantitative estimate of drug-likeness (QED) is 0.378. The van der Waals surface area contributed by atoms with Gasteiger partial charge in [-0.25, -0.2) is 0 Å². The van der Waals surface area contributed by atoms with Crippen molar-refractivity contribution >= 4 is 30.8 Å².